The fraction of sp³-hybridized carbons (Fsp3) is 0.154. The van der Waals surface area contributed by atoms with Crippen molar-refractivity contribution in [2.24, 2.45) is 5.73 Å². The van der Waals surface area contributed by atoms with Gasteiger partial charge < -0.3 is 22.5 Å². The van der Waals surface area contributed by atoms with Crippen molar-refractivity contribution < 1.29 is 0 Å². The smallest absolute Gasteiger partial charge is 0.127 e. The summed E-state index contributed by atoms with van der Waals surface area (Å²) in [6.45, 7) is 0. The van der Waals surface area contributed by atoms with Crippen molar-refractivity contribution in [1.82, 2.24) is 4.98 Å². The first kappa shape index (κ1) is 12.2. The molecule has 0 spiro atoms. The van der Waals surface area contributed by atoms with Crippen LogP contribution < -0.4 is 22.5 Å². The van der Waals surface area contributed by atoms with Gasteiger partial charge in [-0.15, -0.1) is 0 Å². The molecule has 0 saturated carbocycles. The van der Waals surface area contributed by atoms with Crippen LogP contribution in [-0.2, 0) is 6.42 Å². The number of hydrogen-bond acceptors (Lipinski definition) is 5. The Morgan fingerprint density at radius 3 is 2.28 bits per heavy atom. The maximum absolute atomic E-state index is 6.00. The predicted octanol–water partition coefficient (Wildman–Crippen LogP) is 1.19. The Balaban J connectivity index is 1.94. The summed E-state index contributed by atoms with van der Waals surface area (Å²) in [4.78, 5) is 4.14. The second-order valence-corrected chi connectivity index (χ2v) is 4.17. The van der Waals surface area contributed by atoms with Crippen LogP contribution in [0.3, 0.4) is 0 Å². The topological polar surface area (TPSA) is 103 Å². The molecule has 7 N–H and O–H groups in total. The molecule has 5 heteroatoms. The summed E-state index contributed by atoms with van der Waals surface area (Å²) in [5.74, 6) is 0.715. The van der Waals surface area contributed by atoms with E-state index in [9.17, 15) is 0 Å². The van der Waals surface area contributed by atoms with E-state index < -0.39 is 0 Å². The largest absolute Gasteiger partial charge is 0.399 e. The molecule has 1 aromatic heterocycles. The van der Waals surface area contributed by atoms with Crippen LogP contribution in [0.5, 0.6) is 0 Å². The van der Waals surface area contributed by atoms with Gasteiger partial charge in [0.05, 0.1) is 18.1 Å². The summed E-state index contributed by atoms with van der Waals surface area (Å²) in [5, 5.41) is 3.11. The molecule has 1 heterocycles. The zero-order valence-electron chi connectivity index (χ0n) is 10.0. The highest BCUT2D eigenvalue weighted by atomic mass is 15.1. The minimum Gasteiger partial charge on any atom is -0.399 e. The average Bonchev–Trinajstić information content (AvgIpc) is 2.35. The summed E-state index contributed by atoms with van der Waals surface area (Å²) in [5.41, 5.74) is 19.7. The van der Waals surface area contributed by atoms with Gasteiger partial charge in [0.15, 0.2) is 0 Å². The number of anilines is 3. The molecule has 0 aliphatic rings. The van der Waals surface area contributed by atoms with E-state index in [0.717, 1.165) is 11.3 Å². The van der Waals surface area contributed by atoms with Crippen LogP contribution in [0.25, 0.3) is 0 Å². The molecule has 0 radical (unpaired) electrons. The summed E-state index contributed by atoms with van der Waals surface area (Å²) in [6, 6.07) is 11.2. The number of benzene rings is 1. The fourth-order valence-electron chi connectivity index (χ4n) is 1.64. The van der Waals surface area contributed by atoms with Crippen LogP contribution in [0.1, 0.15) is 5.56 Å². The Morgan fingerprint density at radius 2 is 1.67 bits per heavy atom. The van der Waals surface area contributed by atoms with Gasteiger partial charge in [0.2, 0.25) is 0 Å². The molecule has 94 valence electrons. The zero-order valence-corrected chi connectivity index (χ0v) is 10.0. The van der Waals surface area contributed by atoms with Crippen molar-refractivity contribution in [1.29, 1.82) is 0 Å². The number of hydrogen-bond donors (Lipinski definition) is 4. The van der Waals surface area contributed by atoms with E-state index in [1.807, 2.05) is 24.3 Å². The Labute approximate surface area is 106 Å². The summed E-state index contributed by atoms with van der Waals surface area (Å²) in [6.07, 6.45) is 2.09. The Hall–Kier alpha value is -2.27. The van der Waals surface area contributed by atoms with E-state index in [1.54, 1.807) is 18.3 Å². The van der Waals surface area contributed by atoms with Gasteiger partial charge in [-0.25, -0.2) is 4.98 Å². The predicted molar refractivity (Wildman–Crippen MR) is 74.8 cm³/mol. The minimum atomic E-state index is -0.204. The molecule has 1 atom stereocenters. The number of aromatic nitrogens is 1. The van der Waals surface area contributed by atoms with Crippen molar-refractivity contribution in [3.63, 3.8) is 0 Å². The van der Waals surface area contributed by atoms with Crippen molar-refractivity contribution >= 4 is 17.2 Å². The third-order valence-corrected chi connectivity index (χ3v) is 2.55. The maximum atomic E-state index is 6.00. The molecule has 2 rings (SSSR count). The molecule has 5 nitrogen and oxygen atoms in total. The van der Waals surface area contributed by atoms with Crippen molar-refractivity contribution in [2.45, 2.75) is 12.6 Å². The van der Waals surface area contributed by atoms with Crippen molar-refractivity contribution in [3.05, 3.63) is 48.2 Å². The average molecular weight is 243 g/mol. The van der Waals surface area contributed by atoms with Gasteiger partial charge in [-0.3, -0.25) is 0 Å². The number of pyridine rings is 1. The number of rotatable bonds is 4. The molecular formula is C13H17N5. The maximum Gasteiger partial charge on any atom is 0.127 e. The molecule has 1 aromatic carbocycles. The molecule has 18 heavy (non-hydrogen) atoms. The lowest BCUT2D eigenvalue weighted by molar-refractivity contribution is 0.749. The fourth-order valence-corrected chi connectivity index (χ4v) is 1.64. The van der Waals surface area contributed by atoms with Crippen LogP contribution in [0.4, 0.5) is 17.2 Å². The lowest BCUT2D eigenvalue weighted by Gasteiger charge is -2.14. The summed E-state index contributed by atoms with van der Waals surface area (Å²) in [7, 11) is 0. The Bertz CT molecular complexity index is 444. The first-order chi connectivity index (χ1) is 8.63. The van der Waals surface area contributed by atoms with Crippen LogP contribution in [0, 0.1) is 0 Å². The molecule has 0 aliphatic carbocycles. The second kappa shape index (κ2) is 5.37. The zero-order chi connectivity index (χ0) is 13.0. The van der Waals surface area contributed by atoms with E-state index in [-0.39, 0.29) is 6.17 Å². The van der Waals surface area contributed by atoms with Gasteiger partial charge in [0.1, 0.15) is 5.82 Å². The van der Waals surface area contributed by atoms with Crippen molar-refractivity contribution in [2.75, 3.05) is 16.8 Å². The van der Waals surface area contributed by atoms with Crippen LogP contribution >= 0.6 is 0 Å². The van der Waals surface area contributed by atoms with E-state index in [0.29, 0.717) is 17.9 Å². The Kier molecular flexibility index (Phi) is 3.64. The van der Waals surface area contributed by atoms with Gasteiger partial charge in [0, 0.05) is 12.1 Å². The number of nitrogens with two attached hydrogens (primary N) is 3. The van der Waals surface area contributed by atoms with Gasteiger partial charge in [-0.2, -0.15) is 0 Å². The molecule has 0 bridgehead atoms. The first-order valence-corrected chi connectivity index (χ1v) is 5.71. The highest BCUT2D eigenvalue weighted by Crippen LogP contribution is 2.10. The van der Waals surface area contributed by atoms with Gasteiger partial charge >= 0.3 is 0 Å². The Morgan fingerprint density at radius 1 is 1.00 bits per heavy atom. The van der Waals surface area contributed by atoms with E-state index in [2.05, 4.69) is 10.3 Å². The van der Waals surface area contributed by atoms with Crippen LogP contribution in [-0.4, -0.2) is 11.1 Å². The monoisotopic (exact) mass is 243 g/mol. The highest BCUT2D eigenvalue weighted by molar-refractivity contribution is 5.44. The standard InChI is InChI=1S/C13H17N5/c14-10-3-1-9(2-4-10)7-12(16)18-13-6-5-11(15)8-17-13/h1-6,8,12H,7,14-16H2,(H,17,18). The lowest BCUT2D eigenvalue weighted by atomic mass is 10.1. The minimum absolute atomic E-state index is 0.204. The highest BCUT2D eigenvalue weighted by Gasteiger charge is 2.04. The van der Waals surface area contributed by atoms with Crippen LogP contribution in [0.15, 0.2) is 42.6 Å². The molecule has 0 fully saturated rings. The first-order valence-electron chi connectivity index (χ1n) is 5.71. The molecular weight excluding hydrogens is 226 g/mol. The van der Waals surface area contributed by atoms with Crippen molar-refractivity contribution in [3.8, 4) is 0 Å². The van der Waals surface area contributed by atoms with Gasteiger partial charge in [0.25, 0.3) is 0 Å². The molecule has 0 aliphatic heterocycles. The lowest BCUT2D eigenvalue weighted by Crippen LogP contribution is -2.32. The SMILES string of the molecule is Nc1ccc(CC(N)Nc2ccc(N)cn2)cc1. The van der Waals surface area contributed by atoms with E-state index >= 15 is 0 Å². The molecule has 0 amide bonds. The third kappa shape index (κ3) is 3.36. The summed E-state index contributed by atoms with van der Waals surface area (Å²) >= 11 is 0. The van der Waals surface area contributed by atoms with Crippen LogP contribution in [0.2, 0.25) is 0 Å². The number of nitrogens with one attached hydrogen (secondary N) is 1. The normalized spacial score (nSPS) is 12.1. The quantitative estimate of drug-likeness (QED) is 0.477. The van der Waals surface area contributed by atoms with E-state index in [1.165, 1.54) is 0 Å². The molecule has 0 saturated heterocycles. The number of nitrogen functional groups attached to an aromatic ring is 2. The molecule has 1 unspecified atom stereocenters. The second-order valence-electron chi connectivity index (χ2n) is 4.17. The van der Waals surface area contributed by atoms with E-state index in [4.69, 9.17) is 17.2 Å². The van der Waals surface area contributed by atoms with Gasteiger partial charge in [-0.1, -0.05) is 12.1 Å². The summed E-state index contributed by atoms with van der Waals surface area (Å²) < 4.78 is 0. The molecule has 2 aromatic rings. The number of nitrogens with zero attached hydrogens (tertiary/aromatic N) is 1. The third-order valence-electron chi connectivity index (χ3n) is 2.55. The van der Waals surface area contributed by atoms with Gasteiger partial charge in [-0.05, 0) is 29.8 Å².